The van der Waals surface area contributed by atoms with Crippen LogP contribution in [0.3, 0.4) is 0 Å². The van der Waals surface area contributed by atoms with Crippen LogP contribution in [0, 0.1) is 5.41 Å². The Bertz CT molecular complexity index is 587. The molecule has 0 saturated heterocycles. The zero-order valence-electron chi connectivity index (χ0n) is 14.9. The van der Waals surface area contributed by atoms with Crippen LogP contribution in [-0.2, 0) is 38.2 Å². The minimum atomic E-state index is -3.89. The van der Waals surface area contributed by atoms with E-state index < -0.39 is 26.7 Å². The second-order valence-electron chi connectivity index (χ2n) is 5.83. The van der Waals surface area contributed by atoms with Crippen LogP contribution < -0.4 is 0 Å². The van der Waals surface area contributed by atoms with E-state index in [1.165, 1.54) is 28.4 Å². The first-order valence-corrected chi connectivity index (χ1v) is 10.4. The maximum Gasteiger partial charge on any atom is 0.475 e. The molecule has 1 unspecified atom stereocenters. The third kappa shape index (κ3) is 5.24. The van der Waals surface area contributed by atoms with Gasteiger partial charge in [0.25, 0.3) is 0 Å². The third-order valence-electron chi connectivity index (χ3n) is 3.64. The Morgan fingerprint density at radius 2 is 1.42 bits per heavy atom. The van der Waals surface area contributed by atoms with E-state index in [0.29, 0.717) is 6.42 Å². The smallest absolute Gasteiger partial charge is 0.310 e. The summed E-state index contributed by atoms with van der Waals surface area (Å²) in [4.78, 5) is 0. The Morgan fingerprint density at radius 3 is 1.83 bits per heavy atom. The van der Waals surface area contributed by atoms with Crippen LogP contribution in [0.5, 0.6) is 0 Å². The predicted octanol–water partition coefficient (Wildman–Crippen LogP) is 4.48. The van der Waals surface area contributed by atoms with Crippen LogP contribution >= 0.6 is 15.4 Å². The Morgan fingerprint density at radius 1 is 0.917 bits per heavy atom. The summed E-state index contributed by atoms with van der Waals surface area (Å²) in [7, 11) is -2.73. The van der Waals surface area contributed by atoms with E-state index in [4.69, 9.17) is 22.6 Å². The Labute approximate surface area is 143 Å². The van der Waals surface area contributed by atoms with Gasteiger partial charge in [0, 0.05) is 33.9 Å². The second kappa shape index (κ2) is 8.72. The summed E-state index contributed by atoms with van der Waals surface area (Å²) >= 11 is 0. The van der Waals surface area contributed by atoms with Crippen molar-refractivity contribution in [2.75, 3.05) is 28.4 Å². The van der Waals surface area contributed by atoms with E-state index in [-0.39, 0.29) is 0 Å². The van der Waals surface area contributed by atoms with Crippen LogP contribution in [0.25, 0.3) is 0 Å². The van der Waals surface area contributed by atoms with Crippen LogP contribution in [-0.4, -0.2) is 34.3 Å². The fourth-order valence-electron chi connectivity index (χ4n) is 2.39. The predicted molar refractivity (Wildman–Crippen MR) is 92.0 cm³/mol. The molecule has 24 heavy (non-hydrogen) atoms. The van der Waals surface area contributed by atoms with Crippen molar-refractivity contribution in [2.24, 2.45) is 5.41 Å². The van der Waals surface area contributed by atoms with Crippen molar-refractivity contribution >= 4 is 15.4 Å². The van der Waals surface area contributed by atoms with Gasteiger partial charge < -0.3 is 9.05 Å². The van der Waals surface area contributed by atoms with Gasteiger partial charge in [0.15, 0.2) is 5.85 Å². The molecule has 0 fully saturated rings. The van der Waals surface area contributed by atoms with Crippen molar-refractivity contribution in [2.45, 2.75) is 26.1 Å². The van der Waals surface area contributed by atoms with Crippen LogP contribution in [0.1, 0.15) is 19.4 Å². The van der Waals surface area contributed by atoms with Gasteiger partial charge in [-0.2, -0.15) is 0 Å². The second-order valence-corrected chi connectivity index (χ2v) is 9.94. The highest BCUT2D eigenvalue weighted by molar-refractivity contribution is 7.56. The lowest BCUT2D eigenvalue weighted by Gasteiger charge is -2.37. The van der Waals surface area contributed by atoms with Gasteiger partial charge in [0.1, 0.15) is 0 Å². The zero-order valence-corrected chi connectivity index (χ0v) is 16.7. The average molecular weight is 380 g/mol. The van der Waals surface area contributed by atoms with Gasteiger partial charge in [-0.1, -0.05) is 44.2 Å². The van der Waals surface area contributed by atoms with Crippen LogP contribution in [0.15, 0.2) is 30.3 Å². The molecule has 9 heteroatoms. The molecule has 0 aliphatic rings. The average Bonchev–Trinajstić information content (AvgIpc) is 2.59. The summed E-state index contributed by atoms with van der Waals surface area (Å²) in [6.45, 7) is 3.65. The summed E-state index contributed by atoms with van der Waals surface area (Å²) < 4.78 is 50.8. The Kier molecular flexibility index (Phi) is 7.82. The van der Waals surface area contributed by atoms with E-state index in [1.807, 2.05) is 44.2 Å². The number of rotatable bonds is 10. The Hall–Kier alpha value is -0.520. The molecule has 0 saturated carbocycles. The van der Waals surface area contributed by atoms with Crippen molar-refractivity contribution in [3.05, 3.63) is 35.9 Å². The maximum atomic E-state index is 13.0. The van der Waals surface area contributed by atoms with Crippen molar-refractivity contribution in [3.8, 4) is 0 Å². The molecular formula is C15H26O7P2. The molecule has 0 heterocycles. The van der Waals surface area contributed by atoms with Gasteiger partial charge in [0.05, 0.1) is 0 Å². The fourth-order valence-corrected chi connectivity index (χ4v) is 5.53. The molecule has 0 bridgehead atoms. The number of benzene rings is 1. The molecule has 0 aliphatic carbocycles. The fraction of sp³-hybridized carbons (Fsp3) is 0.600. The number of phosphoric ester groups is 1. The van der Waals surface area contributed by atoms with Crippen LogP contribution in [0.4, 0.5) is 0 Å². The van der Waals surface area contributed by atoms with Gasteiger partial charge in [-0.25, -0.2) is 4.57 Å². The van der Waals surface area contributed by atoms with Crippen molar-refractivity contribution in [3.63, 3.8) is 0 Å². The van der Waals surface area contributed by atoms with Gasteiger partial charge >= 0.3 is 15.4 Å². The van der Waals surface area contributed by atoms with Crippen LogP contribution in [0.2, 0.25) is 0 Å². The molecule has 1 atom stereocenters. The lowest BCUT2D eigenvalue weighted by molar-refractivity contribution is 0.0558. The topological polar surface area (TPSA) is 80.3 Å². The quantitative estimate of drug-likeness (QED) is 0.554. The summed E-state index contributed by atoms with van der Waals surface area (Å²) in [5, 5.41) is 0. The normalized spacial score (nSPS) is 14.6. The van der Waals surface area contributed by atoms with E-state index in [1.54, 1.807) is 0 Å². The molecule has 0 aliphatic heterocycles. The first-order chi connectivity index (χ1) is 11.2. The van der Waals surface area contributed by atoms with E-state index >= 15 is 0 Å². The number of hydrogen-bond donors (Lipinski definition) is 0. The minimum absolute atomic E-state index is 0.489. The lowest BCUT2D eigenvalue weighted by atomic mass is 9.86. The SMILES string of the molecule is COP(=O)(OC)OC(C(C)(C)Cc1ccccc1)P(=O)(OC)OC. The standard InChI is InChI=1S/C15H26O7P2/c1-15(2,12-13-10-8-7-9-11-13)14(23(16,18-3)19-4)22-24(17,20-5)21-6/h7-11,14H,12H2,1-6H3. The highest BCUT2D eigenvalue weighted by Crippen LogP contribution is 2.64. The summed E-state index contributed by atoms with van der Waals surface area (Å²) in [5.74, 6) is -1.16. The minimum Gasteiger partial charge on any atom is -0.310 e. The number of hydrogen-bond acceptors (Lipinski definition) is 7. The molecule has 1 aromatic rings. The summed E-state index contributed by atoms with van der Waals surface area (Å²) in [6.07, 6.45) is 0.489. The molecule has 138 valence electrons. The summed E-state index contributed by atoms with van der Waals surface area (Å²) in [5.41, 5.74) is 0.245. The largest absolute Gasteiger partial charge is 0.475 e. The highest BCUT2D eigenvalue weighted by Gasteiger charge is 2.50. The maximum absolute atomic E-state index is 13.0. The molecule has 0 radical (unpaired) electrons. The van der Waals surface area contributed by atoms with Gasteiger partial charge in [0.2, 0.25) is 0 Å². The van der Waals surface area contributed by atoms with Gasteiger partial charge in [-0.3, -0.25) is 18.1 Å². The molecule has 0 N–H and O–H groups in total. The molecule has 1 aromatic carbocycles. The number of phosphoric acid groups is 1. The van der Waals surface area contributed by atoms with E-state index in [9.17, 15) is 9.13 Å². The molecule has 0 aromatic heterocycles. The molecule has 0 spiro atoms. The van der Waals surface area contributed by atoms with Crippen molar-refractivity contribution < 1.29 is 31.7 Å². The highest BCUT2D eigenvalue weighted by atomic mass is 31.2. The first kappa shape index (κ1) is 21.5. The molecule has 0 amide bonds. The van der Waals surface area contributed by atoms with Gasteiger partial charge in [-0.15, -0.1) is 0 Å². The van der Waals surface area contributed by atoms with E-state index in [0.717, 1.165) is 5.56 Å². The van der Waals surface area contributed by atoms with Crippen molar-refractivity contribution in [1.82, 2.24) is 0 Å². The summed E-state index contributed by atoms with van der Waals surface area (Å²) in [6, 6.07) is 9.60. The lowest BCUT2D eigenvalue weighted by Crippen LogP contribution is -2.34. The van der Waals surface area contributed by atoms with E-state index in [2.05, 4.69) is 0 Å². The third-order valence-corrected chi connectivity index (χ3v) is 7.57. The zero-order chi connectivity index (χ0) is 18.4. The monoisotopic (exact) mass is 380 g/mol. The Balaban J connectivity index is 3.25. The molecular weight excluding hydrogens is 354 g/mol. The first-order valence-electron chi connectivity index (χ1n) is 7.31. The molecule has 1 rings (SSSR count). The molecule has 7 nitrogen and oxygen atoms in total. The van der Waals surface area contributed by atoms with Crippen molar-refractivity contribution in [1.29, 1.82) is 0 Å². The van der Waals surface area contributed by atoms with Gasteiger partial charge in [-0.05, 0) is 12.0 Å².